The zero-order valence-corrected chi connectivity index (χ0v) is 10.7. The number of nitrogens with one attached hydrogen (secondary N) is 1. The van der Waals surface area contributed by atoms with Gasteiger partial charge in [-0.2, -0.15) is 0 Å². The lowest BCUT2D eigenvalue weighted by Gasteiger charge is -2.06. The Kier molecular flexibility index (Phi) is 3.70. The van der Waals surface area contributed by atoms with E-state index in [1.807, 2.05) is 37.5 Å². The number of benzene rings is 1. The second-order valence-corrected chi connectivity index (χ2v) is 4.41. The summed E-state index contributed by atoms with van der Waals surface area (Å²) < 4.78 is 1.07. The summed E-state index contributed by atoms with van der Waals surface area (Å²) >= 11 is 3.54. The van der Waals surface area contributed by atoms with Crippen molar-refractivity contribution >= 4 is 15.9 Å². The monoisotopic (exact) mass is 276 g/mol. The molecule has 0 radical (unpaired) electrons. The van der Waals surface area contributed by atoms with Gasteiger partial charge < -0.3 is 5.32 Å². The van der Waals surface area contributed by atoms with Gasteiger partial charge in [-0.25, -0.2) is 0 Å². The number of rotatable bonds is 3. The highest BCUT2D eigenvalue weighted by atomic mass is 79.9. The summed E-state index contributed by atoms with van der Waals surface area (Å²) in [5.41, 5.74) is 3.36. The number of hydrogen-bond donors (Lipinski definition) is 1. The van der Waals surface area contributed by atoms with Gasteiger partial charge in [0.05, 0.1) is 5.69 Å². The maximum atomic E-state index is 4.39. The normalized spacial score (nSPS) is 10.4. The van der Waals surface area contributed by atoms with Gasteiger partial charge in [0.15, 0.2) is 0 Å². The van der Waals surface area contributed by atoms with Gasteiger partial charge in [0, 0.05) is 22.8 Å². The van der Waals surface area contributed by atoms with Gasteiger partial charge >= 0.3 is 0 Å². The molecule has 1 aromatic carbocycles. The van der Waals surface area contributed by atoms with E-state index < -0.39 is 0 Å². The van der Waals surface area contributed by atoms with Crippen LogP contribution in [0.4, 0.5) is 0 Å². The summed E-state index contributed by atoms with van der Waals surface area (Å²) in [6.45, 7) is 0.861. The van der Waals surface area contributed by atoms with E-state index in [9.17, 15) is 0 Å². The first-order valence-electron chi connectivity index (χ1n) is 5.15. The first-order chi connectivity index (χ1) is 7.81. The van der Waals surface area contributed by atoms with Crippen molar-refractivity contribution < 1.29 is 0 Å². The van der Waals surface area contributed by atoms with Crippen LogP contribution < -0.4 is 5.32 Å². The molecular weight excluding hydrogens is 264 g/mol. The zero-order chi connectivity index (χ0) is 11.4. The topological polar surface area (TPSA) is 24.9 Å². The number of halogens is 1. The van der Waals surface area contributed by atoms with Crippen molar-refractivity contribution in [3.05, 3.63) is 52.6 Å². The lowest BCUT2D eigenvalue weighted by molar-refractivity contribution is 0.816. The number of nitrogens with zero attached hydrogens (tertiary/aromatic N) is 1. The van der Waals surface area contributed by atoms with Crippen LogP contribution in [0, 0.1) is 0 Å². The third kappa shape index (κ3) is 2.49. The van der Waals surface area contributed by atoms with E-state index in [-0.39, 0.29) is 0 Å². The Labute approximate surface area is 104 Å². The van der Waals surface area contributed by atoms with E-state index in [1.165, 1.54) is 5.56 Å². The van der Waals surface area contributed by atoms with E-state index in [0.717, 1.165) is 22.3 Å². The van der Waals surface area contributed by atoms with Crippen LogP contribution >= 0.6 is 15.9 Å². The largest absolute Gasteiger partial charge is 0.316 e. The zero-order valence-electron chi connectivity index (χ0n) is 9.07. The Morgan fingerprint density at radius 2 is 2.06 bits per heavy atom. The predicted molar refractivity (Wildman–Crippen MR) is 70.1 cm³/mol. The first-order valence-corrected chi connectivity index (χ1v) is 5.95. The van der Waals surface area contributed by atoms with Gasteiger partial charge in [-0.1, -0.05) is 34.1 Å². The lowest BCUT2D eigenvalue weighted by Crippen LogP contribution is -2.05. The van der Waals surface area contributed by atoms with Crippen LogP contribution in [0.15, 0.2) is 47.1 Å². The molecule has 0 saturated heterocycles. The van der Waals surface area contributed by atoms with Crippen molar-refractivity contribution in [3.63, 3.8) is 0 Å². The summed E-state index contributed by atoms with van der Waals surface area (Å²) in [6.07, 6.45) is 1.85. The molecule has 3 heteroatoms. The van der Waals surface area contributed by atoms with Crippen molar-refractivity contribution in [3.8, 4) is 11.3 Å². The number of aromatic nitrogens is 1. The Bertz CT molecular complexity index is 483. The van der Waals surface area contributed by atoms with E-state index in [4.69, 9.17) is 0 Å². The molecule has 2 rings (SSSR count). The maximum absolute atomic E-state index is 4.39. The molecule has 2 aromatic rings. The summed E-state index contributed by atoms with van der Waals surface area (Å²) in [7, 11) is 1.94. The fourth-order valence-corrected chi connectivity index (χ4v) is 2.09. The summed E-state index contributed by atoms with van der Waals surface area (Å²) in [5, 5.41) is 3.14. The summed E-state index contributed by atoms with van der Waals surface area (Å²) in [5.74, 6) is 0. The van der Waals surface area contributed by atoms with Crippen molar-refractivity contribution in [1.29, 1.82) is 0 Å². The third-order valence-electron chi connectivity index (χ3n) is 2.36. The second kappa shape index (κ2) is 5.23. The van der Waals surface area contributed by atoms with Crippen LogP contribution in [0.5, 0.6) is 0 Å². The van der Waals surface area contributed by atoms with Gasteiger partial charge in [0.25, 0.3) is 0 Å². The average Bonchev–Trinajstić information content (AvgIpc) is 2.30. The highest BCUT2D eigenvalue weighted by Crippen LogP contribution is 2.26. The molecule has 0 spiro atoms. The van der Waals surface area contributed by atoms with E-state index >= 15 is 0 Å². The molecule has 82 valence electrons. The molecule has 1 heterocycles. The molecule has 0 aliphatic heterocycles. The van der Waals surface area contributed by atoms with Crippen molar-refractivity contribution in [2.24, 2.45) is 0 Å². The fourth-order valence-electron chi connectivity index (χ4n) is 1.60. The number of pyridine rings is 1. The fraction of sp³-hybridized carbons (Fsp3) is 0.154. The van der Waals surface area contributed by atoms with Crippen LogP contribution in [0.3, 0.4) is 0 Å². The average molecular weight is 277 g/mol. The van der Waals surface area contributed by atoms with E-state index in [0.29, 0.717) is 0 Å². The van der Waals surface area contributed by atoms with E-state index in [2.05, 4.69) is 38.4 Å². The minimum absolute atomic E-state index is 0.861. The van der Waals surface area contributed by atoms with Crippen LogP contribution in [0.25, 0.3) is 11.3 Å². The third-order valence-corrected chi connectivity index (χ3v) is 3.05. The molecule has 1 aromatic heterocycles. The molecule has 0 aliphatic carbocycles. The van der Waals surface area contributed by atoms with Crippen LogP contribution in [0.2, 0.25) is 0 Å². The van der Waals surface area contributed by atoms with Crippen molar-refractivity contribution in [2.45, 2.75) is 6.54 Å². The van der Waals surface area contributed by atoms with Gasteiger partial charge in [0.2, 0.25) is 0 Å². The smallest absolute Gasteiger partial charge is 0.0716 e. The van der Waals surface area contributed by atoms with Crippen molar-refractivity contribution in [1.82, 2.24) is 10.3 Å². The highest BCUT2D eigenvalue weighted by Gasteiger charge is 2.03. The Balaban J connectivity index is 2.40. The molecule has 0 unspecified atom stereocenters. The molecule has 0 amide bonds. The maximum Gasteiger partial charge on any atom is 0.0716 e. The molecule has 0 saturated carbocycles. The van der Waals surface area contributed by atoms with Gasteiger partial charge in [-0.15, -0.1) is 0 Å². The Hall–Kier alpha value is -1.19. The highest BCUT2D eigenvalue weighted by molar-refractivity contribution is 9.10. The van der Waals surface area contributed by atoms with Crippen LogP contribution in [0.1, 0.15) is 5.56 Å². The Morgan fingerprint density at radius 1 is 1.25 bits per heavy atom. The molecule has 16 heavy (non-hydrogen) atoms. The SMILES string of the molecule is CNCc1ccnc(-c2ccccc2Br)c1. The molecule has 0 fully saturated rings. The first kappa shape index (κ1) is 11.3. The molecule has 2 nitrogen and oxygen atoms in total. The van der Waals surface area contributed by atoms with Crippen molar-refractivity contribution in [2.75, 3.05) is 7.05 Å². The van der Waals surface area contributed by atoms with Gasteiger partial charge in [-0.05, 0) is 30.8 Å². The molecular formula is C13H13BrN2. The minimum Gasteiger partial charge on any atom is -0.316 e. The summed E-state index contributed by atoms with van der Waals surface area (Å²) in [4.78, 5) is 4.39. The standard InChI is InChI=1S/C13H13BrN2/c1-15-9-10-6-7-16-13(8-10)11-4-2-3-5-12(11)14/h2-8,15H,9H2,1H3. The lowest BCUT2D eigenvalue weighted by atomic mass is 10.1. The minimum atomic E-state index is 0.861. The molecule has 1 N–H and O–H groups in total. The second-order valence-electron chi connectivity index (χ2n) is 3.56. The van der Waals surface area contributed by atoms with E-state index in [1.54, 1.807) is 0 Å². The molecule has 0 aliphatic rings. The molecule has 0 atom stereocenters. The number of hydrogen-bond acceptors (Lipinski definition) is 2. The van der Waals surface area contributed by atoms with Gasteiger partial charge in [-0.3, -0.25) is 4.98 Å². The van der Waals surface area contributed by atoms with Crippen LogP contribution in [-0.4, -0.2) is 12.0 Å². The Morgan fingerprint density at radius 3 is 2.81 bits per heavy atom. The van der Waals surface area contributed by atoms with Crippen LogP contribution in [-0.2, 0) is 6.54 Å². The van der Waals surface area contributed by atoms with Gasteiger partial charge in [0.1, 0.15) is 0 Å². The predicted octanol–water partition coefficient (Wildman–Crippen LogP) is 3.23. The summed E-state index contributed by atoms with van der Waals surface area (Å²) in [6, 6.07) is 12.3. The molecule has 0 bridgehead atoms. The quantitative estimate of drug-likeness (QED) is 0.931.